The fourth-order valence-corrected chi connectivity index (χ4v) is 6.29. The number of para-hydroxylation sites is 1. The molecule has 0 spiro atoms. The molecule has 0 saturated heterocycles. The first-order valence-corrected chi connectivity index (χ1v) is 12.5. The lowest BCUT2D eigenvalue weighted by Crippen LogP contribution is -2.30. The van der Waals surface area contributed by atoms with Crippen molar-refractivity contribution in [1.29, 1.82) is 0 Å². The standard InChI is InChI=1S/C25H23N3O3S2/c1-31-21(29)16-32-25-26-23-22(24(30)28(25)18-10-6-3-7-11-18)19-12-13-27(15-20(19)33-23)14-17-8-4-2-5-9-17/h2-11H,12-16H2,1H3. The number of thiophene rings is 1. The van der Waals surface area contributed by atoms with Crippen molar-refractivity contribution in [3.63, 3.8) is 0 Å². The fraction of sp³-hybridized carbons (Fsp3) is 0.240. The van der Waals surface area contributed by atoms with Crippen molar-refractivity contribution in [2.45, 2.75) is 24.7 Å². The molecule has 0 N–H and O–H groups in total. The molecule has 0 aliphatic carbocycles. The van der Waals surface area contributed by atoms with Crippen LogP contribution in [0.2, 0.25) is 0 Å². The third-order valence-corrected chi connectivity index (χ3v) is 7.76. The summed E-state index contributed by atoms with van der Waals surface area (Å²) in [5, 5.41) is 1.21. The number of carbonyl (C=O) groups is 1. The third-order valence-electron chi connectivity index (χ3n) is 5.73. The number of ether oxygens (including phenoxy) is 1. The first-order valence-electron chi connectivity index (χ1n) is 10.7. The molecule has 1 aliphatic heterocycles. The lowest BCUT2D eigenvalue weighted by atomic mass is 10.0. The molecule has 8 heteroatoms. The van der Waals surface area contributed by atoms with Crippen LogP contribution in [-0.4, -0.2) is 39.8 Å². The summed E-state index contributed by atoms with van der Waals surface area (Å²) in [6, 6.07) is 19.9. The van der Waals surface area contributed by atoms with Gasteiger partial charge in [0.2, 0.25) is 0 Å². The lowest BCUT2D eigenvalue weighted by Gasteiger charge is -2.26. The predicted octanol–water partition coefficient (Wildman–Crippen LogP) is 4.27. The molecule has 0 bridgehead atoms. The molecule has 0 unspecified atom stereocenters. The van der Waals surface area contributed by atoms with Crippen molar-refractivity contribution in [1.82, 2.24) is 14.5 Å². The van der Waals surface area contributed by atoms with Gasteiger partial charge in [-0.2, -0.15) is 0 Å². The third kappa shape index (κ3) is 4.46. The molecule has 0 saturated carbocycles. The van der Waals surface area contributed by atoms with Crippen LogP contribution in [0.25, 0.3) is 15.9 Å². The van der Waals surface area contributed by atoms with Gasteiger partial charge in [0.1, 0.15) is 4.83 Å². The SMILES string of the molecule is COC(=O)CSc1nc2sc3c(c2c(=O)n1-c1ccccc1)CCN(Cc1ccccc1)C3. The Labute approximate surface area is 199 Å². The number of thioether (sulfide) groups is 1. The van der Waals surface area contributed by atoms with Gasteiger partial charge in [-0.1, -0.05) is 60.3 Å². The van der Waals surface area contributed by atoms with Crippen molar-refractivity contribution in [2.75, 3.05) is 19.4 Å². The quantitative estimate of drug-likeness (QED) is 0.235. The Morgan fingerprint density at radius 2 is 1.85 bits per heavy atom. The van der Waals surface area contributed by atoms with E-state index in [4.69, 9.17) is 9.72 Å². The van der Waals surface area contributed by atoms with Crippen LogP contribution >= 0.6 is 23.1 Å². The zero-order valence-electron chi connectivity index (χ0n) is 18.2. The molecule has 0 atom stereocenters. The van der Waals surface area contributed by atoms with E-state index in [1.807, 2.05) is 36.4 Å². The molecule has 5 rings (SSSR count). The number of hydrogen-bond donors (Lipinski definition) is 0. The van der Waals surface area contributed by atoms with Gasteiger partial charge in [-0.15, -0.1) is 11.3 Å². The van der Waals surface area contributed by atoms with Crippen LogP contribution in [0.5, 0.6) is 0 Å². The Bertz CT molecular complexity index is 1350. The second-order valence-electron chi connectivity index (χ2n) is 7.87. The van der Waals surface area contributed by atoms with Gasteiger partial charge in [0.15, 0.2) is 5.16 Å². The molecule has 4 aromatic rings. The van der Waals surface area contributed by atoms with Gasteiger partial charge in [-0.25, -0.2) is 4.98 Å². The number of rotatable bonds is 6. The Morgan fingerprint density at radius 3 is 2.58 bits per heavy atom. The van der Waals surface area contributed by atoms with Crippen molar-refractivity contribution < 1.29 is 9.53 Å². The summed E-state index contributed by atoms with van der Waals surface area (Å²) in [7, 11) is 1.36. The van der Waals surface area contributed by atoms with Crippen LogP contribution in [0.3, 0.4) is 0 Å². The molecule has 0 amide bonds. The van der Waals surface area contributed by atoms with Gasteiger partial charge in [0.05, 0.1) is 23.9 Å². The van der Waals surface area contributed by atoms with Gasteiger partial charge in [-0.3, -0.25) is 19.1 Å². The monoisotopic (exact) mass is 477 g/mol. The highest BCUT2D eigenvalue weighted by Crippen LogP contribution is 2.34. The van der Waals surface area contributed by atoms with Crippen molar-refractivity contribution in [2.24, 2.45) is 0 Å². The molecule has 0 radical (unpaired) electrons. The molecule has 6 nitrogen and oxygen atoms in total. The number of esters is 1. The summed E-state index contributed by atoms with van der Waals surface area (Å²) in [6.45, 7) is 2.59. The minimum Gasteiger partial charge on any atom is -0.468 e. The van der Waals surface area contributed by atoms with Crippen LogP contribution in [0.1, 0.15) is 16.0 Å². The average Bonchev–Trinajstić information content (AvgIpc) is 3.21. The molecule has 2 aromatic heterocycles. The minimum absolute atomic E-state index is 0.0763. The van der Waals surface area contributed by atoms with Gasteiger partial charge in [-0.05, 0) is 29.7 Å². The number of methoxy groups -OCH3 is 1. The smallest absolute Gasteiger partial charge is 0.316 e. The highest BCUT2D eigenvalue weighted by atomic mass is 32.2. The molecular weight excluding hydrogens is 454 g/mol. The number of aromatic nitrogens is 2. The molecule has 168 valence electrons. The second-order valence-corrected chi connectivity index (χ2v) is 9.89. The van der Waals surface area contributed by atoms with E-state index in [-0.39, 0.29) is 17.3 Å². The lowest BCUT2D eigenvalue weighted by molar-refractivity contribution is -0.137. The van der Waals surface area contributed by atoms with Crippen LogP contribution in [0, 0.1) is 0 Å². The van der Waals surface area contributed by atoms with E-state index in [9.17, 15) is 9.59 Å². The summed E-state index contributed by atoms with van der Waals surface area (Å²) < 4.78 is 6.41. The van der Waals surface area contributed by atoms with Gasteiger partial charge >= 0.3 is 5.97 Å². The van der Waals surface area contributed by atoms with E-state index in [0.717, 1.165) is 42.1 Å². The molecule has 0 fully saturated rings. The summed E-state index contributed by atoms with van der Waals surface area (Å²) in [5.41, 5.74) is 3.07. The second kappa shape index (κ2) is 9.51. The topological polar surface area (TPSA) is 64.4 Å². The van der Waals surface area contributed by atoms with Gasteiger partial charge < -0.3 is 4.74 Å². The maximum atomic E-state index is 13.8. The summed E-state index contributed by atoms with van der Waals surface area (Å²) in [5.74, 6) is -0.256. The summed E-state index contributed by atoms with van der Waals surface area (Å²) in [6.07, 6.45) is 0.822. The number of carbonyl (C=O) groups excluding carboxylic acids is 1. The maximum Gasteiger partial charge on any atom is 0.316 e. The Morgan fingerprint density at radius 1 is 1.12 bits per heavy atom. The highest BCUT2D eigenvalue weighted by Gasteiger charge is 2.26. The Balaban J connectivity index is 1.55. The summed E-state index contributed by atoms with van der Waals surface area (Å²) >= 11 is 2.82. The van der Waals surface area contributed by atoms with Crippen LogP contribution < -0.4 is 5.56 Å². The van der Waals surface area contributed by atoms with E-state index in [1.54, 1.807) is 15.9 Å². The average molecular weight is 478 g/mol. The molecule has 1 aliphatic rings. The molecule has 2 aromatic carbocycles. The van der Waals surface area contributed by atoms with Crippen LogP contribution in [0.4, 0.5) is 0 Å². The van der Waals surface area contributed by atoms with Crippen LogP contribution in [-0.2, 0) is 29.0 Å². The number of benzene rings is 2. The largest absolute Gasteiger partial charge is 0.468 e. The number of fused-ring (bicyclic) bond motifs is 3. The Kier molecular flexibility index (Phi) is 6.30. The first-order chi connectivity index (χ1) is 16.1. The molecule has 33 heavy (non-hydrogen) atoms. The summed E-state index contributed by atoms with van der Waals surface area (Å²) in [4.78, 5) is 34.7. The molecular formula is C25H23N3O3S2. The van der Waals surface area contributed by atoms with Crippen molar-refractivity contribution in [3.05, 3.63) is 87.0 Å². The van der Waals surface area contributed by atoms with E-state index in [1.165, 1.54) is 29.3 Å². The van der Waals surface area contributed by atoms with Gasteiger partial charge in [0.25, 0.3) is 5.56 Å². The predicted molar refractivity (Wildman–Crippen MR) is 132 cm³/mol. The van der Waals surface area contributed by atoms with Crippen molar-refractivity contribution in [3.8, 4) is 5.69 Å². The number of nitrogens with zero attached hydrogens (tertiary/aromatic N) is 3. The van der Waals surface area contributed by atoms with E-state index in [2.05, 4.69) is 29.2 Å². The molecule has 3 heterocycles. The minimum atomic E-state index is -0.351. The van der Waals surface area contributed by atoms with Crippen molar-refractivity contribution >= 4 is 39.3 Å². The first kappa shape index (κ1) is 21.9. The van der Waals surface area contributed by atoms with E-state index >= 15 is 0 Å². The van der Waals surface area contributed by atoms with Gasteiger partial charge in [0, 0.05) is 24.5 Å². The zero-order chi connectivity index (χ0) is 22.8. The number of hydrogen-bond acceptors (Lipinski definition) is 7. The van der Waals surface area contributed by atoms with E-state index < -0.39 is 0 Å². The highest BCUT2D eigenvalue weighted by molar-refractivity contribution is 7.99. The maximum absolute atomic E-state index is 13.8. The normalized spacial score (nSPS) is 13.7. The Hall–Kier alpha value is -2.94. The van der Waals surface area contributed by atoms with E-state index in [0.29, 0.717) is 10.5 Å². The zero-order valence-corrected chi connectivity index (χ0v) is 19.8. The fourth-order valence-electron chi connectivity index (χ4n) is 4.14. The van der Waals surface area contributed by atoms with Crippen LogP contribution in [0.15, 0.2) is 70.6 Å².